The molecule has 0 amide bonds. The van der Waals surface area contributed by atoms with Crippen molar-refractivity contribution >= 4 is 15.8 Å². The first-order valence-electron chi connectivity index (χ1n) is 9.71. The number of hydrogen-bond acceptors (Lipinski definition) is 6. The Bertz CT molecular complexity index is 1050. The van der Waals surface area contributed by atoms with Crippen LogP contribution in [-0.2, 0) is 16.3 Å². The van der Waals surface area contributed by atoms with E-state index in [1.807, 2.05) is 12.1 Å². The van der Waals surface area contributed by atoms with Crippen LogP contribution >= 0.6 is 0 Å². The Morgan fingerprint density at radius 2 is 1.68 bits per heavy atom. The number of carboxylic acids is 1. The van der Waals surface area contributed by atoms with E-state index in [9.17, 15) is 18.3 Å². The van der Waals surface area contributed by atoms with Gasteiger partial charge in [-0.25, -0.2) is 13.2 Å². The molecule has 9 heteroatoms. The van der Waals surface area contributed by atoms with E-state index in [1.54, 1.807) is 12.1 Å². The molecular weight excluding hydrogens is 427 g/mol. The monoisotopic (exact) mass is 452 g/mol. The van der Waals surface area contributed by atoms with Gasteiger partial charge in [0.2, 0.25) is 0 Å². The van der Waals surface area contributed by atoms with Gasteiger partial charge < -0.3 is 16.5 Å². The summed E-state index contributed by atoms with van der Waals surface area (Å²) in [5.74, 6) is -1.50. The van der Waals surface area contributed by atoms with Crippen LogP contribution in [0.4, 0.5) is 0 Å². The van der Waals surface area contributed by atoms with Crippen molar-refractivity contribution in [1.82, 2.24) is 4.90 Å². The number of aromatic carboxylic acids is 1. The van der Waals surface area contributed by atoms with Gasteiger partial charge in [0.05, 0.1) is 33.4 Å². The van der Waals surface area contributed by atoms with Gasteiger partial charge in [0.25, 0.3) is 0 Å². The topological polar surface area (TPSA) is 119 Å². The first-order valence-corrected chi connectivity index (χ1v) is 11.4. The van der Waals surface area contributed by atoms with Crippen molar-refractivity contribution in [2.75, 3.05) is 25.4 Å². The molecule has 2 aromatic carbocycles. The number of nitrogens with zero attached hydrogens (tertiary/aromatic N) is 2. The molecule has 160 valence electrons. The Labute approximate surface area is 206 Å². The number of sulfone groups is 1. The van der Waals surface area contributed by atoms with Gasteiger partial charge in [-0.3, -0.25) is 0 Å². The van der Waals surface area contributed by atoms with Crippen molar-refractivity contribution in [2.45, 2.75) is 29.8 Å². The number of carboxylic acid groups (broad SMARTS) is 1. The van der Waals surface area contributed by atoms with E-state index in [1.165, 1.54) is 24.3 Å². The summed E-state index contributed by atoms with van der Waals surface area (Å²) in [5, 5.41) is 28.6. The zero-order valence-corrected chi connectivity index (χ0v) is 20.3. The summed E-state index contributed by atoms with van der Waals surface area (Å²) in [4.78, 5) is 13.1. The maximum absolute atomic E-state index is 12.7. The molecule has 0 unspecified atom stereocenters. The Morgan fingerprint density at radius 3 is 2.19 bits per heavy atom. The molecular formula is C22H25N2NaO5S. The second-order valence-corrected chi connectivity index (χ2v) is 9.70. The third-order valence-electron chi connectivity index (χ3n) is 5.51. The predicted molar refractivity (Wildman–Crippen MR) is 112 cm³/mol. The van der Waals surface area contributed by atoms with Gasteiger partial charge in [0, 0.05) is 19.6 Å². The molecule has 0 bridgehead atoms. The van der Waals surface area contributed by atoms with Gasteiger partial charge >= 0.3 is 35.5 Å². The van der Waals surface area contributed by atoms with Crippen LogP contribution in [0, 0.1) is 11.3 Å². The normalized spacial score (nSPS) is 16.1. The van der Waals surface area contributed by atoms with Crippen LogP contribution in [0.3, 0.4) is 0 Å². The average Bonchev–Trinajstić information content (AvgIpc) is 2.73. The van der Waals surface area contributed by atoms with E-state index in [4.69, 9.17) is 10.4 Å². The van der Waals surface area contributed by atoms with Gasteiger partial charge in [-0.1, -0.05) is 12.1 Å². The molecule has 0 aliphatic carbocycles. The van der Waals surface area contributed by atoms with Gasteiger partial charge in [0.1, 0.15) is 0 Å². The van der Waals surface area contributed by atoms with Crippen LogP contribution in [0.1, 0.15) is 35.8 Å². The second-order valence-electron chi connectivity index (χ2n) is 7.71. The number of piperidine rings is 1. The van der Waals surface area contributed by atoms with Crippen molar-refractivity contribution < 1.29 is 54.4 Å². The standard InChI is InChI=1S/C22H24N2O5S.Na.H/c23-15-18-3-1-17(2-4-18)9-12-24-13-10-22(27,11-14-24)16-30(28,29)20-7-5-19(6-8-20)21(25)26;;/h1-8,27H,9-14,16H2,(H,25,26);;/q;+1;-1. The van der Waals surface area contributed by atoms with Crippen molar-refractivity contribution in [3.63, 3.8) is 0 Å². The van der Waals surface area contributed by atoms with E-state index in [2.05, 4.69) is 11.0 Å². The Balaban J connectivity index is 0.00000256. The van der Waals surface area contributed by atoms with E-state index in [0.29, 0.717) is 31.5 Å². The summed E-state index contributed by atoms with van der Waals surface area (Å²) >= 11 is 0. The van der Waals surface area contributed by atoms with Crippen molar-refractivity contribution in [2.24, 2.45) is 0 Å². The molecule has 0 spiro atoms. The molecule has 31 heavy (non-hydrogen) atoms. The molecule has 0 aromatic heterocycles. The molecule has 1 heterocycles. The minimum absolute atomic E-state index is 0. The summed E-state index contributed by atoms with van der Waals surface area (Å²) in [6.45, 7) is 1.99. The number of nitriles is 1. The zero-order chi connectivity index (χ0) is 21.8. The molecule has 2 N–H and O–H groups in total. The van der Waals surface area contributed by atoms with Crippen LogP contribution in [0.2, 0.25) is 0 Å². The molecule has 0 atom stereocenters. The molecule has 7 nitrogen and oxygen atoms in total. The summed E-state index contributed by atoms with van der Waals surface area (Å²) < 4.78 is 25.4. The Kier molecular flexibility index (Phi) is 8.83. The number of aliphatic hydroxyl groups is 1. The third kappa shape index (κ3) is 6.88. The van der Waals surface area contributed by atoms with E-state index >= 15 is 0 Å². The van der Waals surface area contributed by atoms with Gasteiger partial charge in [-0.2, -0.15) is 5.26 Å². The molecule has 2 aromatic rings. The summed E-state index contributed by atoms with van der Waals surface area (Å²) in [5.41, 5.74) is 0.473. The summed E-state index contributed by atoms with van der Waals surface area (Å²) in [6, 6.07) is 14.6. The van der Waals surface area contributed by atoms with Crippen LogP contribution in [0.15, 0.2) is 53.4 Å². The fourth-order valence-electron chi connectivity index (χ4n) is 3.61. The molecule has 1 saturated heterocycles. The summed E-state index contributed by atoms with van der Waals surface area (Å²) in [6.07, 6.45) is 1.53. The SMILES string of the molecule is N#Cc1ccc(CCN2CCC(O)(CS(=O)(=O)c3ccc(C(=O)O)cc3)CC2)cc1.[H-].[Na+]. The number of carbonyl (C=O) groups is 1. The smallest absolute Gasteiger partial charge is 1.00 e. The van der Waals surface area contributed by atoms with Crippen molar-refractivity contribution in [3.8, 4) is 6.07 Å². The van der Waals surface area contributed by atoms with Crippen LogP contribution < -0.4 is 29.6 Å². The first kappa shape index (κ1) is 25.5. The molecule has 1 aliphatic heterocycles. The maximum atomic E-state index is 12.7. The Morgan fingerprint density at radius 1 is 1.10 bits per heavy atom. The van der Waals surface area contributed by atoms with Crippen LogP contribution in [0.5, 0.6) is 0 Å². The fourth-order valence-corrected chi connectivity index (χ4v) is 5.33. The number of likely N-dealkylation sites (tertiary alicyclic amines) is 1. The quantitative estimate of drug-likeness (QED) is 0.529. The number of benzene rings is 2. The third-order valence-corrected chi connectivity index (χ3v) is 7.41. The maximum Gasteiger partial charge on any atom is 1.00 e. The van der Waals surface area contributed by atoms with Crippen molar-refractivity contribution in [1.29, 1.82) is 5.26 Å². The summed E-state index contributed by atoms with van der Waals surface area (Å²) in [7, 11) is -3.73. The first-order chi connectivity index (χ1) is 14.2. The molecule has 0 radical (unpaired) electrons. The second kappa shape index (κ2) is 10.7. The van der Waals surface area contributed by atoms with Gasteiger partial charge in [0.15, 0.2) is 9.84 Å². The number of hydrogen-bond donors (Lipinski definition) is 2. The van der Waals surface area contributed by atoms with Crippen LogP contribution in [0.25, 0.3) is 0 Å². The predicted octanol–water partition coefficient (Wildman–Crippen LogP) is -0.784. The Hall–Kier alpha value is -1.73. The van der Waals surface area contributed by atoms with E-state index < -0.39 is 21.4 Å². The number of rotatable bonds is 7. The average molecular weight is 453 g/mol. The van der Waals surface area contributed by atoms with Gasteiger partial charge in [-0.15, -0.1) is 0 Å². The molecule has 3 rings (SSSR count). The minimum atomic E-state index is -3.73. The van der Waals surface area contributed by atoms with Crippen LogP contribution in [-0.4, -0.2) is 60.5 Å². The largest absolute Gasteiger partial charge is 1.00 e. The molecule has 1 fully saturated rings. The minimum Gasteiger partial charge on any atom is -1.00 e. The zero-order valence-electron chi connectivity index (χ0n) is 18.5. The van der Waals surface area contributed by atoms with E-state index in [0.717, 1.165) is 18.5 Å². The van der Waals surface area contributed by atoms with Crippen molar-refractivity contribution in [3.05, 3.63) is 65.2 Å². The fraction of sp³-hybridized carbons (Fsp3) is 0.364. The van der Waals surface area contributed by atoms with E-state index in [-0.39, 0.29) is 47.2 Å². The van der Waals surface area contributed by atoms with Gasteiger partial charge in [-0.05, 0) is 61.2 Å². The molecule has 0 saturated carbocycles. The molecule has 1 aliphatic rings.